The van der Waals surface area contributed by atoms with Gasteiger partial charge >= 0.3 is 12.0 Å². The number of amides is 2. The van der Waals surface area contributed by atoms with E-state index in [1.165, 1.54) is 31.4 Å². The number of phenolic OH excluding ortho intramolecular Hbond substituents is 1. The van der Waals surface area contributed by atoms with Crippen molar-refractivity contribution in [3.8, 4) is 47.0 Å². The average molecular weight is 820 g/mol. The average Bonchev–Trinajstić information content (AvgIpc) is 3.75. The SMILES string of the molecule is C#Cc1c(F)ccc2cc(O)cc(-c3nc(OC)c4c(N5CC6CCC(C5)N6C(=O)Nc5ccc6c(c5)CCO6)nc(OCC5(CN6CCC(F)CC6)CC5)nc4c3F)c12. The number of anilines is 2. The number of aromatic nitrogens is 3. The van der Waals surface area contributed by atoms with Crippen LogP contribution in [0.2, 0.25) is 0 Å². The van der Waals surface area contributed by atoms with Gasteiger partial charge in [-0.3, -0.25) is 0 Å². The van der Waals surface area contributed by atoms with Gasteiger partial charge in [0.1, 0.15) is 45.9 Å². The molecule has 3 aromatic carbocycles. The Morgan fingerprint density at radius 3 is 2.55 bits per heavy atom. The van der Waals surface area contributed by atoms with E-state index >= 15 is 8.78 Å². The van der Waals surface area contributed by atoms with Gasteiger partial charge in [-0.2, -0.15) is 9.97 Å². The summed E-state index contributed by atoms with van der Waals surface area (Å²) in [5.41, 5.74) is 1.14. The highest BCUT2D eigenvalue weighted by Crippen LogP contribution is 2.48. The van der Waals surface area contributed by atoms with Gasteiger partial charge < -0.3 is 39.3 Å². The molecule has 5 aromatic rings. The number of hydrogen-bond donors (Lipinski definition) is 2. The summed E-state index contributed by atoms with van der Waals surface area (Å²) in [7, 11) is 1.41. The number of fused-ring (bicyclic) bond motifs is 5. The summed E-state index contributed by atoms with van der Waals surface area (Å²) < 4.78 is 64.4. The Hall–Kier alpha value is -6.01. The van der Waals surface area contributed by atoms with Crippen LogP contribution in [-0.2, 0) is 6.42 Å². The molecule has 4 aliphatic heterocycles. The molecule has 0 spiro atoms. The number of likely N-dealkylation sites (tertiary alicyclic amines) is 1. The van der Waals surface area contributed by atoms with Crippen LogP contribution in [0.4, 0.5) is 29.5 Å². The van der Waals surface area contributed by atoms with E-state index in [9.17, 15) is 14.3 Å². The van der Waals surface area contributed by atoms with Gasteiger partial charge in [0.25, 0.3) is 0 Å². The highest BCUT2D eigenvalue weighted by molar-refractivity contribution is 6.04. The van der Waals surface area contributed by atoms with Gasteiger partial charge in [0.05, 0.1) is 38.0 Å². The van der Waals surface area contributed by atoms with Crippen LogP contribution in [-0.4, -0.2) is 107 Å². The third-order valence-electron chi connectivity index (χ3n) is 12.9. The molecule has 4 fully saturated rings. The number of carbonyl (C=O) groups excluding carboxylic acids is 1. The topological polar surface area (TPSA) is 125 Å². The number of ether oxygens (including phenoxy) is 3. The molecule has 0 radical (unpaired) electrons. The minimum absolute atomic E-state index is 0.00106. The van der Waals surface area contributed by atoms with Gasteiger partial charge in [0.2, 0.25) is 5.88 Å². The number of piperazine rings is 1. The number of nitrogens with zero attached hydrogens (tertiary/aromatic N) is 6. The fourth-order valence-corrected chi connectivity index (χ4v) is 9.61. The lowest BCUT2D eigenvalue weighted by atomic mass is 9.95. The smallest absolute Gasteiger partial charge is 0.322 e. The highest BCUT2D eigenvalue weighted by Gasteiger charge is 2.46. The third-order valence-corrected chi connectivity index (χ3v) is 12.9. The number of phenols is 1. The number of nitrogens with one attached hydrogen (secondary N) is 1. The summed E-state index contributed by atoms with van der Waals surface area (Å²) in [5.74, 6) is 1.81. The summed E-state index contributed by atoms with van der Waals surface area (Å²) in [5, 5.41) is 14.6. The van der Waals surface area contributed by atoms with Crippen LogP contribution in [0.15, 0.2) is 42.5 Å². The van der Waals surface area contributed by atoms with E-state index in [1.54, 1.807) is 0 Å². The number of aromatic hydroxyl groups is 1. The molecular weight excluding hydrogens is 776 g/mol. The van der Waals surface area contributed by atoms with Gasteiger partial charge in [0, 0.05) is 61.2 Å². The van der Waals surface area contributed by atoms with Crippen molar-refractivity contribution < 1.29 is 37.3 Å². The van der Waals surface area contributed by atoms with E-state index in [-0.39, 0.29) is 80.9 Å². The molecule has 2 atom stereocenters. The molecule has 60 heavy (non-hydrogen) atoms. The Balaban J connectivity index is 1.03. The predicted octanol–water partition coefficient (Wildman–Crippen LogP) is 7.23. The number of urea groups is 1. The first-order valence-corrected chi connectivity index (χ1v) is 20.6. The summed E-state index contributed by atoms with van der Waals surface area (Å²) >= 11 is 0. The number of terminal acetylenes is 1. The molecule has 3 saturated heterocycles. The van der Waals surface area contributed by atoms with Crippen molar-refractivity contribution in [2.24, 2.45) is 5.41 Å². The van der Waals surface area contributed by atoms with E-state index in [0.29, 0.717) is 62.5 Å². The second-order valence-electron chi connectivity index (χ2n) is 16.8. The quantitative estimate of drug-likeness (QED) is 0.147. The minimum atomic E-state index is -0.866. The second-order valence-corrected chi connectivity index (χ2v) is 16.8. The Labute approximate surface area is 344 Å². The number of carbonyl (C=O) groups is 1. The van der Waals surface area contributed by atoms with Crippen LogP contribution < -0.4 is 24.4 Å². The molecule has 1 saturated carbocycles. The van der Waals surface area contributed by atoms with Crippen LogP contribution in [0.3, 0.4) is 0 Å². The molecule has 310 valence electrons. The fourth-order valence-electron chi connectivity index (χ4n) is 9.61. The van der Waals surface area contributed by atoms with Gasteiger partial charge in [-0.25, -0.2) is 22.9 Å². The summed E-state index contributed by atoms with van der Waals surface area (Å²) in [4.78, 5) is 34.3. The van der Waals surface area contributed by atoms with Gasteiger partial charge in [0.15, 0.2) is 5.82 Å². The lowest BCUT2D eigenvalue weighted by molar-refractivity contribution is 0.107. The number of alkyl halides is 1. The largest absolute Gasteiger partial charge is 0.508 e. The van der Waals surface area contributed by atoms with Crippen LogP contribution in [0.1, 0.15) is 49.7 Å². The molecule has 12 nitrogen and oxygen atoms in total. The van der Waals surface area contributed by atoms with Gasteiger partial charge in [-0.15, -0.1) is 6.42 Å². The maximum absolute atomic E-state index is 17.4. The number of methoxy groups -OCH3 is 1. The first-order valence-electron chi connectivity index (χ1n) is 20.6. The van der Waals surface area contributed by atoms with Crippen molar-refractivity contribution in [1.29, 1.82) is 0 Å². The number of piperidine rings is 1. The number of pyridine rings is 1. The Morgan fingerprint density at radius 1 is 1.03 bits per heavy atom. The van der Waals surface area contributed by atoms with Crippen molar-refractivity contribution in [3.63, 3.8) is 0 Å². The minimum Gasteiger partial charge on any atom is -0.508 e. The zero-order chi connectivity index (χ0) is 41.3. The van der Waals surface area contributed by atoms with Crippen molar-refractivity contribution >= 4 is 39.2 Å². The molecule has 15 heteroatoms. The summed E-state index contributed by atoms with van der Waals surface area (Å²) in [6, 6.07) is 10.4. The van der Waals surface area contributed by atoms with Crippen molar-refractivity contribution in [3.05, 3.63) is 65.2 Å². The zero-order valence-corrected chi connectivity index (χ0v) is 33.1. The number of halogens is 3. The second kappa shape index (κ2) is 14.9. The first-order chi connectivity index (χ1) is 29.1. The predicted molar refractivity (Wildman–Crippen MR) is 220 cm³/mol. The molecule has 6 heterocycles. The molecular formula is C45H44F3N7O5. The van der Waals surface area contributed by atoms with Crippen LogP contribution in [0.25, 0.3) is 32.9 Å². The van der Waals surface area contributed by atoms with Crippen LogP contribution >= 0.6 is 0 Å². The standard InChI is InChI=1S/C45H44F3N7O5/c1-3-32-34(47)8-4-26-19-31(56)20-33(36(26)32)39-38(48)40-37(42(50-39)58-2)41(52-43(51-40)60-24-45(13-14-45)23-53-15-10-27(46)11-16-53)54-21-29-6-7-30(22-54)55(29)44(57)49-28-5-9-35-25(18-28)12-17-59-35/h1,4-5,8-9,18-20,27,29-30,56H,6-7,10-17,21-24H2,2H3,(H,49,57). The highest BCUT2D eigenvalue weighted by atomic mass is 19.1. The number of benzene rings is 3. The lowest BCUT2D eigenvalue weighted by Crippen LogP contribution is -2.57. The lowest BCUT2D eigenvalue weighted by Gasteiger charge is -2.41. The Bertz CT molecular complexity index is 2580. The van der Waals surface area contributed by atoms with Crippen molar-refractivity contribution in [1.82, 2.24) is 24.8 Å². The van der Waals surface area contributed by atoms with Crippen LogP contribution in [0, 0.1) is 29.4 Å². The summed E-state index contributed by atoms with van der Waals surface area (Å²) in [6.45, 7) is 3.79. The normalized spacial score (nSPS) is 20.9. The molecule has 2 unspecified atom stereocenters. The molecule has 2 aromatic heterocycles. The molecule has 2 bridgehead atoms. The molecule has 5 aliphatic rings. The summed E-state index contributed by atoms with van der Waals surface area (Å²) in [6.07, 6.45) is 10.2. The fraction of sp³-hybridized carbons (Fsp3) is 0.422. The monoisotopic (exact) mass is 819 g/mol. The maximum atomic E-state index is 17.4. The van der Waals surface area contributed by atoms with E-state index in [4.69, 9.17) is 25.6 Å². The van der Waals surface area contributed by atoms with Gasteiger partial charge in [-0.1, -0.05) is 12.0 Å². The number of hydrogen-bond acceptors (Lipinski definition) is 10. The Kier molecular flexibility index (Phi) is 9.50. The zero-order valence-electron chi connectivity index (χ0n) is 33.1. The van der Waals surface area contributed by atoms with E-state index in [2.05, 4.69) is 26.1 Å². The molecule has 1 aliphatic carbocycles. The third kappa shape index (κ3) is 6.80. The molecule has 10 rings (SSSR count). The maximum Gasteiger partial charge on any atom is 0.322 e. The number of rotatable bonds is 9. The van der Waals surface area contributed by atoms with Gasteiger partial charge in [-0.05, 0) is 85.9 Å². The van der Waals surface area contributed by atoms with E-state index < -0.39 is 17.8 Å². The Morgan fingerprint density at radius 2 is 1.82 bits per heavy atom. The van der Waals surface area contributed by atoms with E-state index in [0.717, 1.165) is 50.0 Å². The van der Waals surface area contributed by atoms with Crippen molar-refractivity contribution in [2.75, 3.05) is 63.3 Å². The van der Waals surface area contributed by atoms with Crippen LogP contribution in [0.5, 0.6) is 23.4 Å². The molecule has 2 amide bonds. The van der Waals surface area contributed by atoms with E-state index in [1.807, 2.05) is 28.0 Å². The first kappa shape index (κ1) is 38.2. The molecule has 2 N–H and O–H groups in total. The van der Waals surface area contributed by atoms with Crippen molar-refractivity contribution in [2.45, 2.75) is 63.2 Å².